The first kappa shape index (κ1) is 17.3. The molecule has 0 aliphatic heterocycles. The van der Waals surface area contributed by atoms with E-state index in [1.165, 1.54) is 0 Å². The Bertz CT molecular complexity index is 817. The molecule has 3 rings (SSSR count). The SMILES string of the molecule is CCCCn1cc(COc2cc(OC)c(Cl)cc2-c2ccno2)nn1. The van der Waals surface area contributed by atoms with Gasteiger partial charge in [-0.3, -0.25) is 4.68 Å². The molecule has 8 heteroatoms. The fourth-order valence-corrected chi connectivity index (χ4v) is 2.58. The van der Waals surface area contributed by atoms with Crippen LogP contribution in [-0.2, 0) is 13.2 Å². The molecule has 3 aromatic rings. The first-order chi connectivity index (χ1) is 12.2. The second-order valence-electron chi connectivity index (χ2n) is 5.47. The minimum Gasteiger partial charge on any atom is -0.495 e. The number of benzene rings is 1. The number of aryl methyl sites for hydroxylation is 1. The van der Waals surface area contributed by atoms with Gasteiger partial charge in [-0.15, -0.1) is 5.10 Å². The van der Waals surface area contributed by atoms with Gasteiger partial charge < -0.3 is 14.0 Å². The third-order valence-electron chi connectivity index (χ3n) is 3.66. The molecule has 0 aliphatic rings. The summed E-state index contributed by atoms with van der Waals surface area (Å²) in [6.45, 7) is 3.26. The number of unbranched alkanes of at least 4 members (excludes halogenated alkanes) is 1. The summed E-state index contributed by atoms with van der Waals surface area (Å²) in [4.78, 5) is 0. The standard InChI is InChI=1S/C17H19ClN4O3/c1-3-4-7-22-10-12(20-21-22)11-24-16-9-17(23-2)14(18)8-13(16)15-5-6-19-25-15/h5-6,8-10H,3-4,7,11H2,1-2H3. The average molecular weight is 363 g/mol. The molecule has 0 unspecified atom stereocenters. The molecule has 1 aromatic carbocycles. The molecule has 7 nitrogen and oxygen atoms in total. The maximum Gasteiger partial charge on any atom is 0.170 e. The summed E-state index contributed by atoms with van der Waals surface area (Å²) < 4.78 is 18.2. The summed E-state index contributed by atoms with van der Waals surface area (Å²) in [5.41, 5.74) is 1.44. The number of hydrogen-bond acceptors (Lipinski definition) is 6. The van der Waals surface area contributed by atoms with Gasteiger partial charge in [0.25, 0.3) is 0 Å². The van der Waals surface area contributed by atoms with Crippen molar-refractivity contribution in [2.24, 2.45) is 0 Å². The molecule has 0 saturated carbocycles. The van der Waals surface area contributed by atoms with E-state index in [9.17, 15) is 0 Å². The van der Waals surface area contributed by atoms with Crippen molar-refractivity contribution in [3.8, 4) is 22.8 Å². The number of rotatable bonds is 8. The Morgan fingerprint density at radius 3 is 2.88 bits per heavy atom. The Kier molecular flexibility index (Phi) is 5.55. The number of halogens is 1. The van der Waals surface area contributed by atoms with E-state index in [-0.39, 0.29) is 6.61 Å². The van der Waals surface area contributed by atoms with E-state index in [1.807, 2.05) is 10.9 Å². The molecular formula is C17H19ClN4O3. The highest BCUT2D eigenvalue weighted by Gasteiger charge is 2.15. The van der Waals surface area contributed by atoms with Crippen LogP contribution in [0.2, 0.25) is 5.02 Å². The molecule has 0 spiro atoms. The van der Waals surface area contributed by atoms with Crippen LogP contribution in [0.1, 0.15) is 25.5 Å². The molecule has 0 radical (unpaired) electrons. The monoisotopic (exact) mass is 362 g/mol. The van der Waals surface area contributed by atoms with Crippen molar-refractivity contribution in [3.63, 3.8) is 0 Å². The van der Waals surface area contributed by atoms with Crippen molar-refractivity contribution in [1.82, 2.24) is 20.2 Å². The summed E-state index contributed by atoms with van der Waals surface area (Å²) >= 11 is 6.22. The topological polar surface area (TPSA) is 75.2 Å². The Morgan fingerprint density at radius 1 is 1.28 bits per heavy atom. The highest BCUT2D eigenvalue weighted by atomic mass is 35.5. The van der Waals surface area contributed by atoms with Crippen LogP contribution < -0.4 is 9.47 Å². The summed E-state index contributed by atoms with van der Waals surface area (Å²) in [6, 6.07) is 5.20. The molecule has 2 aromatic heterocycles. The Balaban J connectivity index is 1.80. The van der Waals surface area contributed by atoms with E-state index in [4.69, 9.17) is 25.6 Å². The lowest BCUT2D eigenvalue weighted by Crippen LogP contribution is -1.99. The van der Waals surface area contributed by atoms with Crippen molar-refractivity contribution >= 4 is 11.6 Å². The summed E-state index contributed by atoms with van der Waals surface area (Å²) in [6.07, 6.45) is 5.62. The first-order valence-corrected chi connectivity index (χ1v) is 8.39. The molecule has 2 heterocycles. The molecular weight excluding hydrogens is 344 g/mol. The lowest BCUT2D eigenvalue weighted by molar-refractivity contribution is 0.298. The van der Waals surface area contributed by atoms with Gasteiger partial charge in [0.2, 0.25) is 0 Å². The smallest absolute Gasteiger partial charge is 0.170 e. The molecule has 0 aliphatic carbocycles. The van der Waals surface area contributed by atoms with Gasteiger partial charge in [-0.2, -0.15) is 0 Å². The zero-order valence-corrected chi connectivity index (χ0v) is 14.9. The van der Waals surface area contributed by atoms with E-state index >= 15 is 0 Å². The minimum atomic E-state index is 0.276. The lowest BCUT2D eigenvalue weighted by Gasteiger charge is -2.12. The van der Waals surface area contributed by atoms with Gasteiger partial charge in [-0.05, 0) is 12.5 Å². The zero-order chi connectivity index (χ0) is 17.6. The van der Waals surface area contributed by atoms with Gasteiger partial charge >= 0.3 is 0 Å². The highest BCUT2D eigenvalue weighted by molar-refractivity contribution is 6.32. The van der Waals surface area contributed by atoms with Crippen molar-refractivity contribution in [3.05, 3.63) is 41.3 Å². The van der Waals surface area contributed by atoms with Crippen molar-refractivity contribution in [2.75, 3.05) is 7.11 Å². The third-order valence-corrected chi connectivity index (χ3v) is 3.96. The minimum absolute atomic E-state index is 0.276. The molecule has 0 amide bonds. The van der Waals surface area contributed by atoms with Gasteiger partial charge in [0.05, 0.1) is 30.1 Å². The van der Waals surface area contributed by atoms with Gasteiger partial charge in [-0.1, -0.05) is 35.3 Å². The fourth-order valence-electron chi connectivity index (χ4n) is 2.34. The normalized spacial score (nSPS) is 10.8. The summed E-state index contributed by atoms with van der Waals surface area (Å²) in [7, 11) is 1.55. The van der Waals surface area contributed by atoms with Gasteiger partial charge in [0.1, 0.15) is 23.8 Å². The Hall–Kier alpha value is -2.54. The Labute approximate surface area is 150 Å². The number of ether oxygens (including phenoxy) is 2. The molecule has 0 fully saturated rings. The number of methoxy groups -OCH3 is 1. The van der Waals surface area contributed by atoms with Crippen molar-refractivity contribution < 1.29 is 14.0 Å². The van der Waals surface area contributed by atoms with E-state index < -0.39 is 0 Å². The molecule has 0 atom stereocenters. The van der Waals surface area contributed by atoms with E-state index in [0.717, 1.165) is 25.1 Å². The van der Waals surface area contributed by atoms with Crippen LogP contribution in [0.5, 0.6) is 11.5 Å². The van der Waals surface area contributed by atoms with Crippen LogP contribution in [0, 0.1) is 0 Å². The number of nitrogens with zero attached hydrogens (tertiary/aromatic N) is 4. The van der Waals surface area contributed by atoms with Gasteiger partial charge in [-0.25, -0.2) is 0 Å². The van der Waals surface area contributed by atoms with Crippen LogP contribution in [0.15, 0.2) is 35.1 Å². The van der Waals surface area contributed by atoms with Crippen LogP contribution >= 0.6 is 11.6 Å². The second kappa shape index (κ2) is 8.02. The van der Waals surface area contributed by atoms with Gasteiger partial charge in [0.15, 0.2) is 5.76 Å². The molecule has 0 saturated heterocycles. The molecule has 0 N–H and O–H groups in total. The summed E-state index contributed by atoms with van der Waals surface area (Å²) in [5, 5.41) is 12.4. The highest BCUT2D eigenvalue weighted by Crippen LogP contribution is 2.38. The van der Waals surface area contributed by atoms with Crippen LogP contribution in [0.4, 0.5) is 0 Å². The Morgan fingerprint density at radius 2 is 2.16 bits per heavy atom. The van der Waals surface area contributed by atoms with E-state index in [1.54, 1.807) is 31.5 Å². The van der Waals surface area contributed by atoms with Crippen LogP contribution in [0.25, 0.3) is 11.3 Å². The predicted octanol–water partition coefficient (Wildman–Crippen LogP) is 3.97. The maximum absolute atomic E-state index is 6.22. The fraction of sp³-hybridized carbons (Fsp3) is 0.353. The third kappa shape index (κ3) is 4.11. The largest absolute Gasteiger partial charge is 0.495 e. The number of hydrogen-bond donors (Lipinski definition) is 0. The second-order valence-corrected chi connectivity index (χ2v) is 5.88. The van der Waals surface area contributed by atoms with Crippen molar-refractivity contribution in [1.29, 1.82) is 0 Å². The average Bonchev–Trinajstić information content (AvgIpc) is 3.30. The van der Waals surface area contributed by atoms with Crippen molar-refractivity contribution in [2.45, 2.75) is 32.9 Å². The first-order valence-electron chi connectivity index (χ1n) is 8.01. The summed E-state index contributed by atoms with van der Waals surface area (Å²) in [5.74, 6) is 1.65. The molecule has 0 bridgehead atoms. The predicted molar refractivity (Wildman–Crippen MR) is 92.8 cm³/mol. The zero-order valence-electron chi connectivity index (χ0n) is 14.1. The van der Waals surface area contributed by atoms with Crippen LogP contribution in [-0.4, -0.2) is 27.3 Å². The quantitative estimate of drug-likeness (QED) is 0.603. The van der Waals surface area contributed by atoms with E-state index in [0.29, 0.717) is 27.8 Å². The number of aromatic nitrogens is 4. The maximum atomic E-state index is 6.22. The molecule has 132 valence electrons. The lowest BCUT2D eigenvalue weighted by atomic mass is 10.1. The van der Waals surface area contributed by atoms with Crippen LogP contribution in [0.3, 0.4) is 0 Å². The molecule has 25 heavy (non-hydrogen) atoms. The van der Waals surface area contributed by atoms with E-state index in [2.05, 4.69) is 22.4 Å². The van der Waals surface area contributed by atoms with Gasteiger partial charge in [0, 0.05) is 18.7 Å².